The van der Waals surface area contributed by atoms with Crippen molar-refractivity contribution in [1.82, 2.24) is 10.4 Å². The second kappa shape index (κ2) is 4.03. The summed E-state index contributed by atoms with van der Waals surface area (Å²) in [5.74, 6) is 3.83. The van der Waals surface area contributed by atoms with Crippen LogP contribution in [0.1, 0.15) is 16.1 Å². The van der Waals surface area contributed by atoms with E-state index in [-0.39, 0.29) is 0 Å². The van der Waals surface area contributed by atoms with Crippen LogP contribution in [0, 0.1) is 0 Å². The highest BCUT2D eigenvalue weighted by atomic mass is 35.5. The van der Waals surface area contributed by atoms with E-state index in [1.54, 1.807) is 5.43 Å². The average molecular weight is 240 g/mol. The van der Waals surface area contributed by atoms with Crippen LogP contribution in [0.25, 0.3) is 0 Å². The van der Waals surface area contributed by atoms with Gasteiger partial charge < -0.3 is 0 Å². The van der Waals surface area contributed by atoms with E-state index in [2.05, 4.69) is 4.98 Å². The number of rotatable bonds is 1. The fraction of sp³-hybridized carbons (Fsp3) is 0.143. The Hall–Kier alpha value is -1.34. The van der Waals surface area contributed by atoms with Gasteiger partial charge in [0.05, 0.1) is 10.6 Å². The van der Waals surface area contributed by atoms with Gasteiger partial charge in [-0.3, -0.25) is 10.2 Å². The first kappa shape index (κ1) is 11.7. The second-order valence-electron chi connectivity index (χ2n) is 2.52. The number of carbonyl (C=O) groups excluding carboxylic acids is 1. The molecule has 0 aliphatic rings. The molecule has 0 radical (unpaired) electrons. The molecule has 1 rings (SSSR count). The van der Waals surface area contributed by atoms with Crippen LogP contribution in [0.3, 0.4) is 0 Å². The van der Waals surface area contributed by atoms with Crippen LogP contribution >= 0.6 is 11.6 Å². The molecule has 0 bridgehead atoms. The number of pyridine rings is 1. The van der Waals surface area contributed by atoms with Crippen molar-refractivity contribution in [2.24, 2.45) is 5.84 Å². The molecule has 8 heteroatoms. The average Bonchev–Trinajstić information content (AvgIpc) is 2.15. The molecule has 0 saturated heterocycles. The predicted octanol–water partition coefficient (Wildman–Crippen LogP) is 1.36. The van der Waals surface area contributed by atoms with Crippen LogP contribution in [0.2, 0.25) is 5.02 Å². The standard InChI is InChI=1S/C7H5ClF3N3O/c8-4-2-13-5(6(15)14-12)1-3(4)7(9,10)11/h1-2H,12H2,(H,14,15). The van der Waals surface area contributed by atoms with E-state index in [0.29, 0.717) is 6.07 Å². The molecule has 0 fully saturated rings. The summed E-state index contributed by atoms with van der Waals surface area (Å²) in [5, 5.41) is -0.573. The molecular weight excluding hydrogens is 235 g/mol. The predicted molar refractivity (Wildman–Crippen MR) is 45.9 cm³/mol. The monoisotopic (exact) mass is 239 g/mol. The van der Waals surface area contributed by atoms with Crippen molar-refractivity contribution in [2.75, 3.05) is 0 Å². The van der Waals surface area contributed by atoms with Gasteiger partial charge in [0.15, 0.2) is 0 Å². The number of alkyl halides is 3. The normalized spacial score (nSPS) is 11.3. The molecule has 0 aliphatic carbocycles. The lowest BCUT2D eigenvalue weighted by Crippen LogP contribution is -2.31. The van der Waals surface area contributed by atoms with Crippen molar-refractivity contribution >= 4 is 17.5 Å². The van der Waals surface area contributed by atoms with Gasteiger partial charge in [-0.15, -0.1) is 0 Å². The van der Waals surface area contributed by atoms with Crippen LogP contribution in [-0.4, -0.2) is 10.9 Å². The Balaban J connectivity index is 3.23. The highest BCUT2D eigenvalue weighted by Gasteiger charge is 2.34. The molecule has 1 heterocycles. The minimum absolute atomic E-state index is 0.450. The van der Waals surface area contributed by atoms with Gasteiger partial charge in [-0.2, -0.15) is 13.2 Å². The zero-order valence-corrected chi connectivity index (χ0v) is 7.86. The first-order chi connectivity index (χ1) is 6.86. The molecule has 0 spiro atoms. The zero-order valence-electron chi connectivity index (χ0n) is 7.10. The Bertz CT molecular complexity index is 394. The van der Waals surface area contributed by atoms with Gasteiger partial charge in [0.25, 0.3) is 5.91 Å². The molecule has 1 aromatic rings. The number of halogens is 4. The number of hydrogen-bond donors (Lipinski definition) is 2. The smallest absolute Gasteiger partial charge is 0.289 e. The summed E-state index contributed by atoms with van der Waals surface area (Å²) in [6.45, 7) is 0. The summed E-state index contributed by atoms with van der Waals surface area (Å²) in [5.41, 5.74) is 0.0907. The fourth-order valence-electron chi connectivity index (χ4n) is 0.854. The molecule has 1 aromatic heterocycles. The minimum atomic E-state index is -4.64. The summed E-state index contributed by atoms with van der Waals surface area (Å²) in [7, 11) is 0. The molecule has 0 aromatic carbocycles. The summed E-state index contributed by atoms with van der Waals surface area (Å²) in [6.07, 6.45) is -3.89. The van der Waals surface area contributed by atoms with E-state index in [1.165, 1.54) is 0 Å². The second-order valence-corrected chi connectivity index (χ2v) is 2.93. The maximum absolute atomic E-state index is 12.3. The lowest BCUT2D eigenvalue weighted by Gasteiger charge is -2.09. The highest BCUT2D eigenvalue weighted by molar-refractivity contribution is 6.31. The lowest BCUT2D eigenvalue weighted by atomic mass is 10.2. The molecule has 0 saturated carbocycles. The van der Waals surface area contributed by atoms with Crippen molar-refractivity contribution in [2.45, 2.75) is 6.18 Å². The summed E-state index contributed by atoms with van der Waals surface area (Å²) in [4.78, 5) is 14.3. The van der Waals surface area contributed by atoms with Crippen LogP contribution in [0.5, 0.6) is 0 Å². The summed E-state index contributed by atoms with van der Waals surface area (Å²) in [6, 6.07) is 0.532. The Kier molecular flexibility index (Phi) is 3.15. The number of nitrogens with zero attached hydrogens (tertiary/aromatic N) is 1. The number of aromatic nitrogens is 1. The molecule has 0 atom stereocenters. The van der Waals surface area contributed by atoms with Gasteiger partial charge >= 0.3 is 6.18 Å². The number of nitrogen functional groups attached to an aromatic ring is 1. The van der Waals surface area contributed by atoms with Crippen LogP contribution < -0.4 is 11.3 Å². The molecule has 0 aliphatic heterocycles. The first-order valence-corrected chi connectivity index (χ1v) is 3.97. The first-order valence-electron chi connectivity index (χ1n) is 3.60. The Morgan fingerprint density at radius 2 is 2.13 bits per heavy atom. The quantitative estimate of drug-likeness (QED) is 0.442. The largest absolute Gasteiger partial charge is 0.417 e. The van der Waals surface area contributed by atoms with Crippen LogP contribution in [-0.2, 0) is 6.18 Å². The molecule has 3 N–H and O–H groups in total. The molecule has 4 nitrogen and oxygen atoms in total. The maximum atomic E-state index is 12.3. The Labute approximate surface area is 87.2 Å². The number of nitrogens with one attached hydrogen (secondary N) is 1. The third kappa shape index (κ3) is 2.57. The van der Waals surface area contributed by atoms with Crippen LogP contribution in [0.15, 0.2) is 12.3 Å². The molecule has 1 amide bonds. The molecule has 15 heavy (non-hydrogen) atoms. The van der Waals surface area contributed by atoms with Crippen molar-refractivity contribution in [3.8, 4) is 0 Å². The number of amides is 1. The molecular formula is C7H5ClF3N3O. The van der Waals surface area contributed by atoms with E-state index in [1.807, 2.05) is 0 Å². The van der Waals surface area contributed by atoms with Gasteiger partial charge in [0.1, 0.15) is 5.69 Å². The van der Waals surface area contributed by atoms with Gasteiger partial charge in [0.2, 0.25) is 0 Å². The van der Waals surface area contributed by atoms with Crippen molar-refractivity contribution < 1.29 is 18.0 Å². The number of nitrogens with two attached hydrogens (primary N) is 1. The van der Waals surface area contributed by atoms with E-state index in [4.69, 9.17) is 17.4 Å². The van der Waals surface area contributed by atoms with Crippen molar-refractivity contribution in [3.63, 3.8) is 0 Å². The van der Waals surface area contributed by atoms with E-state index in [0.717, 1.165) is 6.20 Å². The topological polar surface area (TPSA) is 68.0 Å². The van der Waals surface area contributed by atoms with E-state index < -0.39 is 28.4 Å². The third-order valence-corrected chi connectivity index (χ3v) is 1.83. The number of carbonyl (C=O) groups is 1. The van der Waals surface area contributed by atoms with Gasteiger partial charge in [-0.1, -0.05) is 11.6 Å². The Morgan fingerprint density at radius 1 is 1.53 bits per heavy atom. The molecule has 0 unspecified atom stereocenters. The maximum Gasteiger partial charge on any atom is 0.417 e. The van der Waals surface area contributed by atoms with Gasteiger partial charge in [-0.25, -0.2) is 10.8 Å². The fourth-order valence-corrected chi connectivity index (χ4v) is 1.06. The lowest BCUT2D eigenvalue weighted by molar-refractivity contribution is -0.137. The van der Waals surface area contributed by atoms with Crippen molar-refractivity contribution in [3.05, 3.63) is 28.5 Å². The van der Waals surface area contributed by atoms with Gasteiger partial charge in [0, 0.05) is 6.20 Å². The SMILES string of the molecule is NNC(=O)c1cc(C(F)(F)F)c(Cl)cn1. The van der Waals surface area contributed by atoms with E-state index in [9.17, 15) is 18.0 Å². The van der Waals surface area contributed by atoms with Gasteiger partial charge in [-0.05, 0) is 6.07 Å². The molecule has 82 valence electrons. The van der Waals surface area contributed by atoms with Crippen LogP contribution in [0.4, 0.5) is 13.2 Å². The highest BCUT2D eigenvalue weighted by Crippen LogP contribution is 2.34. The third-order valence-electron chi connectivity index (χ3n) is 1.52. The number of hydrazine groups is 1. The Morgan fingerprint density at radius 3 is 2.60 bits per heavy atom. The summed E-state index contributed by atoms with van der Waals surface area (Å²) >= 11 is 5.28. The minimum Gasteiger partial charge on any atom is -0.289 e. The summed E-state index contributed by atoms with van der Waals surface area (Å²) < 4.78 is 37.0. The zero-order chi connectivity index (χ0) is 11.6. The number of hydrogen-bond acceptors (Lipinski definition) is 3. The van der Waals surface area contributed by atoms with Crippen molar-refractivity contribution in [1.29, 1.82) is 0 Å². The van der Waals surface area contributed by atoms with E-state index >= 15 is 0 Å².